The molecule has 36 heavy (non-hydrogen) atoms. The minimum Gasteiger partial charge on any atom is -0.494 e. The molecule has 1 heterocycles. The summed E-state index contributed by atoms with van der Waals surface area (Å²) < 4.78 is 11.3. The molecule has 0 N–H and O–H groups in total. The minimum atomic E-state index is 0.136. The summed E-state index contributed by atoms with van der Waals surface area (Å²) in [6, 6.07) is 15.8. The molecule has 0 amide bonds. The fourth-order valence-electron chi connectivity index (χ4n) is 4.89. The maximum Gasteiger partial charge on any atom is 0.143 e. The average Bonchev–Trinajstić information content (AvgIpc) is 2.87. The third-order valence-corrected chi connectivity index (χ3v) is 6.66. The molecule has 0 atom stereocenters. The van der Waals surface area contributed by atoms with Gasteiger partial charge in [0.2, 0.25) is 0 Å². The Morgan fingerprint density at radius 2 is 1.61 bits per heavy atom. The first-order chi connectivity index (χ1) is 17.5. The zero-order chi connectivity index (χ0) is 25.3. The molecule has 0 unspecified atom stereocenters. The van der Waals surface area contributed by atoms with Gasteiger partial charge in [0, 0.05) is 12.0 Å². The lowest BCUT2D eigenvalue weighted by molar-refractivity contribution is -0.117. The van der Waals surface area contributed by atoms with E-state index in [9.17, 15) is 4.79 Å². The molecule has 0 spiro atoms. The number of rotatable bonds is 11. The summed E-state index contributed by atoms with van der Waals surface area (Å²) in [5.74, 6) is 2.45. The first kappa shape index (κ1) is 25.9. The molecule has 3 aromatic rings. The number of hydrogen-bond acceptors (Lipinski definition) is 5. The van der Waals surface area contributed by atoms with Crippen molar-refractivity contribution in [1.82, 2.24) is 9.97 Å². The van der Waals surface area contributed by atoms with Crippen LogP contribution in [0, 0.1) is 5.92 Å². The SMILES string of the molecule is CCOc1ccc(CC(=O)Cc2ncc(-c3ccc(OC(C)C)cc3)nc2CC2CCCCC2)cc1. The Kier molecular flexibility index (Phi) is 9.10. The van der Waals surface area contributed by atoms with E-state index in [4.69, 9.17) is 19.4 Å². The van der Waals surface area contributed by atoms with Crippen molar-refractivity contribution in [2.45, 2.75) is 78.2 Å². The molecule has 1 saturated carbocycles. The Labute approximate surface area is 215 Å². The Morgan fingerprint density at radius 1 is 0.917 bits per heavy atom. The van der Waals surface area contributed by atoms with Crippen LogP contribution in [0.25, 0.3) is 11.3 Å². The van der Waals surface area contributed by atoms with E-state index in [-0.39, 0.29) is 11.9 Å². The second kappa shape index (κ2) is 12.7. The van der Waals surface area contributed by atoms with Gasteiger partial charge in [0.1, 0.15) is 17.3 Å². The van der Waals surface area contributed by atoms with Gasteiger partial charge < -0.3 is 9.47 Å². The van der Waals surface area contributed by atoms with E-state index < -0.39 is 0 Å². The zero-order valence-corrected chi connectivity index (χ0v) is 21.8. The van der Waals surface area contributed by atoms with Crippen LogP contribution in [-0.2, 0) is 24.1 Å². The zero-order valence-electron chi connectivity index (χ0n) is 21.8. The first-order valence-electron chi connectivity index (χ1n) is 13.4. The second-order valence-corrected chi connectivity index (χ2v) is 10.0. The summed E-state index contributed by atoms with van der Waals surface area (Å²) in [6.07, 6.45) is 9.86. The van der Waals surface area contributed by atoms with E-state index >= 15 is 0 Å². The molecule has 1 aliphatic rings. The number of benzene rings is 2. The largest absolute Gasteiger partial charge is 0.494 e. The number of aromatic nitrogens is 2. The van der Waals surface area contributed by atoms with E-state index in [1.807, 2.05) is 75.5 Å². The van der Waals surface area contributed by atoms with E-state index in [0.29, 0.717) is 25.4 Å². The highest BCUT2D eigenvalue weighted by atomic mass is 16.5. The van der Waals surface area contributed by atoms with Crippen molar-refractivity contribution in [2.24, 2.45) is 5.92 Å². The smallest absolute Gasteiger partial charge is 0.143 e. The second-order valence-electron chi connectivity index (χ2n) is 10.0. The van der Waals surface area contributed by atoms with Crippen LogP contribution < -0.4 is 9.47 Å². The van der Waals surface area contributed by atoms with Crippen molar-refractivity contribution in [3.05, 3.63) is 71.7 Å². The summed E-state index contributed by atoms with van der Waals surface area (Å²) in [4.78, 5) is 22.8. The van der Waals surface area contributed by atoms with Gasteiger partial charge in [-0.05, 0) is 75.1 Å². The molecule has 5 nitrogen and oxygen atoms in total. The molecule has 0 radical (unpaired) electrons. The first-order valence-corrected chi connectivity index (χ1v) is 13.4. The van der Waals surface area contributed by atoms with Gasteiger partial charge in [0.15, 0.2) is 0 Å². The van der Waals surface area contributed by atoms with Crippen molar-refractivity contribution in [3.8, 4) is 22.8 Å². The normalized spacial score (nSPS) is 14.1. The number of ether oxygens (including phenoxy) is 2. The predicted octanol–water partition coefficient (Wildman–Crippen LogP) is 6.81. The quantitative estimate of drug-likeness (QED) is 0.298. The van der Waals surface area contributed by atoms with Gasteiger partial charge in [-0.15, -0.1) is 0 Å². The lowest BCUT2D eigenvalue weighted by atomic mass is 9.85. The molecular formula is C31H38N2O3. The summed E-state index contributed by atoms with van der Waals surface area (Å²) in [7, 11) is 0. The monoisotopic (exact) mass is 486 g/mol. The number of nitrogens with zero attached hydrogens (tertiary/aromatic N) is 2. The molecule has 1 fully saturated rings. The maximum atomic E-state index is 13.0. The van der Waals surface area contributed by atoms with Crippen molar-refractivity contribution >= 4 is 5.78 Å². The highest BCUT2D eigenvalue weighted by molar-refractivity contribution is 5.83. The van der Waals surface area contributed by atoms with Crippen LogP contribution in [-0.4, -0.2) is 28.5 Å². The fourth-order valence-corrected chi connectivity index (χ4v) is 4.89. The van der Waals surface area contributed by atoms with Gasteiger partial charge in [-0.25, -0.2) is 4.98 Å². The lowest BCUT2D eigenvalue weighted by Crippen LogP contribution is -2.16. The number of hydrogen-bond donors (Lipinski definition) is 0. The van der Waals surface area contributed by atoms with Crippen molar-refractivity contribution in [3.63, 3.8) is 0 Å². The van der Waals surface area contributed by atoms with E-state index in [2.05, 4.69) is 0 Å². The van der Waals surface area contributed by atoms with E-state index in [1.54, 1.807) is 0 Å². The standard InChI is InChI=1S/C31H38N2O3/c1-4-35-27-14-10-24(11-15-27)18-26(34)20-29-30(19-23-8-6-5-7-9-23)33-31(21-32-29)25-12-16-28(17-13-25)36-22(2)3/h10-17,21-23H,4-9,18-20H2,1-3H3. The molecule has 2 aromatic carbocycles. The van der Waals surface area contributed by atoms with Crippen LogP contribution in [0.5, 0.6) is 11.5 Å². The molecule has 0 saturated heterocycles. The fraction of sp³-hybridized carbons (Fsp3) is 0.452. The van der Waals surface area contributed by atoms with Crippen LogP contribution in [0.2, 0.25) is 0 Å². The molecule has 5 heteroatoms. The highest BCUT2D eigenvalue weighted by Gasteiger charge is 2.20. The molecule has 190 valence electrons. The van der Waals surface area contributed by atoms with Crippen molar-refractivity contribution in [1.29, 1.82) is 0 Å². The van der Waals surface area contributed by atoms with Crippen LogP contribution in [0.3, 0.4) is 0 Å². The molecule has 0 bridgehead atoms. The Balaban J connectivity index is 1.51. The van der Waals surface area contributed by atoms with Crippen molar-refractivity contribution < 1.29 is 14.3 Å². The van der Waals surface area contributed by atoms with Gasteiger partial charge in [0.05, 0.1) is 42.4 Å². The number of Topliss-reactive ketones (excluding diaryl/α,β-unsaturated/α-hetero) is 1. The lowest BCUT2D eigenvalue weighted by Gasteiger charge is -2.22. The van der Waals surface area contributed by atoms with Crippen molar-refractivity contribution in [2.75, 3.05) is 6.61 Å². The van der Waals surface area contributed by atoms with Crippen LogP contribution in [0.15, 0.2) is 54.7 Å². The maximum absolute atomic E-state index is 13.0. The summed E-state index contributed by atoms with van der Waals surface area (Å²) >= 11 is 0. The highest BCUT2D eigenvalue weighted by Crippen LogP contribution is 2.29. The number of carbonyl (C=O) groups is 1. The average molecular weight is 487 g/mol. The Bertz CT molecular complexity index is 1120. The summed E-state index contributed by atoms with van der Waals surface area (Å²) in [6.45, 7) is 6.64. The third kappa shape index (κ3) is 7.39. The van der Waals surface area contributed by atoms with E-state index in [1.165, 1.54) is 32.1 Å². The van der Waals surface area contributed by atoms with Gasteiger partial charge in [-0.3, -0.25) is 9.78 Å². The van der Waals surface area contributed by atoms with Gasteiger partial charge in [0.25, 0.3) is 0 Å². The Hall–Kier alpha value is -3.21. The third-order valence-electron chi connectivity index (χ3n) is 6.66. The summed E-state index contributed by atoms with van der Waals surface area (Å²) in [5, 5.41) is 0. The molecular weight excluding hydrogens is 448 g/mol. The van der Waals surface area contributed by atoms with Crippen LogP contribution in [0.1, 0.15) is 69.8 Å². The molecule has 1 aromatic heterocycles. The summed E-state index contributed by atoms with van der Waals surface area (Å²) in [5.41, 5.74) is 4.64. The number of carbonyl (C=O) groups excluding carboxylic acids is 1. The van der Waals surface area contributed by atoms with Gasteiger partial charge in [-0.1, -0.05) is 44.2 Å². The minimum absolute atomic E-state index is 0.136. The van der Waals surface area contributed by atoms with E-state index in [0.717, 1.165) is 46.1 Å². The van der Waals surface area contributed by atoms with Crippen LogP contribution in [0.4, 0.5) is 0 Å². The molecule has 4 rings (SSSR count). The van der Waals surface area contributed by atoms with Gasteiger partial charge in [-0.2, -0.15) is 0 Å². The molecule has 0 aliphatic heterocycles. The molecule has 1 aliphatic carbocycles. The Morgan fingerprint density at radius 3 is 2.28 bits per heavy atom. The predicted molar refractivity (Wildman–Crippen MR) is 144 cm³/mol. The topological polar surface area (TPSA) is 61.3 Å². The van der Waals surface area contributed by atoms with Gasteiger partial charge >= 0.3 is 0 Å². The number of ketones is 1. The van der Waals surface area contributed by atoms with Crippen LogP contribution >= 0.6 is 0 Å².